The maximum absolute atomic E-state index is 11.4. The molecule has 1 unspecified atom stereocenters. The molecule has 20 heavy (non-hydrogen) atoms. The number of carbonyl (C=O) groups is 1. The Morgan fingerprint density at radius 1 is 1.40 bits per heavy atom. The zero-order valence-corrected chi connectivity index (χ0v) is 12.0. The second-order valence-corrected chi connectivity index (χ2v) is 5.98. The van der Waals surface area contributed by atoms with Gasteiger partial charge in [-0.3, -0.25) is 14.7 Å². The van der Waals surface area contributed by atoms with Gasteiger partial charge in [0.15, 0.2) is 0 Å². The summed E-state index contributed by atoms with van der Waals surface area (Å²) < 4.78 is 0. The Bertz CT molecular complexity index is 580. The average Bonchev–Trinajstić information content (AvgIpc) is 3.10. The van der Waals surface area contributed by atoms with Gasteiger partial charge in [-0.1, -0.05) is 24.3 Å². The molecule has 0 radical (unpaired) electrons. The molecule has 0 spiro atoms. The largest absolute Gasteiger partial charge is 0.368 e. The van der Waals surface area contributed by atoms with Crippen LogP contribution >= 0.6 is 11.3 Å². The van der Waals surface area contributed by atoms with Crippen LogP contribution in [0.2, 0.25) is 0 Å². The van der Waals surface area contributed by atoms with Crippen molar-refractivity contribution in [2.24, 2.45) is 5.73 Å². The smallest absolute Gasteiger partial charge is 0.234 e. The maximum atomic E-state index is 11.4. The third-order valence-corrected chi connectivity index (χ3v) is 4.57. The molecule has 2 heterocycles. The predicted octanol–water partition coefficient (Wildman–Crippen LogP) is 2.26. The summed E-state index contributed by atoms with van der Waals surface area (Å²) in [5.74, 6) is -0.205. The van der Waals surface area contributed by atoms with Crippen LogP contribution in [0.3, 0.4) is 0 Å². The van der Waals surface area contributed by atoms with Crippen molar-refractivity contribution in [1.29, 1.82) is 0 Å². The van der Waals surface area contributed by atoms with E-state index in [2.05, 4.69) is 34.1 Å². The van der Waals surface area contributed by atoms with Crippen molar-refractivity contribution in [2.75, 3.05) is 6.54 Å². The molecule has 1 amide bonds. The Morgan fingerprint density at radius 2 is 2.20 bits per heavy atom. The first kappa shape index (κ1) is 13.3. The Balaban J connectivity index is 1.71. The molecular formula is C15H17N3OS. The maximum Gasteiger partial charge on any atom is 0.234 e. The van der Waals surface area contributed by atoms with E-state index in [4.69, 9.17) is 5.73 Å². The van der Waals surface area contributed by atoms with Gasteiger partial charge in [0.25, 0.3) is 0 Å². The third-order valence-electron chi connectivity index (χ3n) is 3.75. The van der Waals surface area contributed by atoms with Crippen molar-refractivity contribution >= 4 is 17.2 Å². The molecule has 1 aromatic heterocycles. The molecule has 2 N–H and O–H groups in total. The van der Waals surface area contributed by atoms with Crippen molar-refractivity contribution in [2.45, 2.75) is 25.4 Å². The van der Waals surface area contributed by atoms with Crippen molar-refractivity contribution in [1.82, 2.24) is 9.88 Å². The highest BCUT2D eigenvalue weighted by Gasteiger charge is 2.28. The molecule has 1 aliphatic rings. The lowest BCUT2D eigenvalue weighted by molar-refractivity contribution is -0.122. The molecule has 0 bridgehead atoms. The number of amides is 1. The number of nitrogens with two attached hydrogens (primary N) is 1. The fraction of sp³-hybridized carbons (Fsp3) is 0.333. The molecule has 5 heteroatoms. The number of likely N-dealkylation sites (tertiary alicyclic amines) is 1. The van der Waals surface area contributed by atoms with Gasteiger partial charge >= 0.3 is 0 Å². The second-order valence-electron chi connectivity index (χ2n) is 5.09. The van der Waals surface area contributed by atoms with Crippen LogP contribution in [0.25, 0.3) is 10.4 Å². The minimum Gasteiger partial charge on any atom is -0.368 e. The first-order valence-electron chi connectivity index (χ1n) is 6.75. The van der Waals surface area contributed by atoms with Crippen LogP contribution < -0.4 is 5.73 Å². The van der Waals surface area contributed by atoms with Gasteiger partial charge in [-0.2, -0.15) is 0 Å². The van der Waals surface area contributed by atoms with Crippen LogP contribution in [-0.2, 0) is 11.3 Å². The summed E-state index contributed by atoms with van der Waals surface area (Å²) in [4.78, 5) is 18.8. The second kappa shape index (κ2) is 5.73. The van der Waals surface area contributed by atoms with Gasteiger partial charge in [-0.05, 0) is 30.5 Å². The Hall–Kier alpha value is -1.72. The molecule has 1 atom stereocenters. The number of rotatable bonds is 4. The fourth-order valence-corrected chi connectivity index (χ4v) is 3.33. The monoisotopic (exact) mass is 287 g/mol. The number of hydrogen-bond acceptors (Lipinski definition) is 4. The zero-order chi connectivity index (χ0) is 13.9. The molecule has 104 valence electrons. The Kier molecular flexibility index (Phi) is 3.80. The molecule has 1 aliphatic heterocycles. The summed E-state index contributed by atoms with van der Waals surface area (Å²) in [7, 11) is 0. The van der Waals surface area contributed by atoms with Gasteiger partial charge in [0.1, 0.15) is 0 Å². The fourth-order valence-electron chi connectivity index (χ4n) is 2.70. The average molecular weight is 287 g/mol. The normalized spacial score (nSPS) is 19.3. The van der Waals surface area contributed by atoms with Gasteiger partial charge in [0, 0.05) is 12.7 Å². The lowest BCUT2D eigenvalue weighted by Crippen LogP contribution is -2.39. The number of benzene rings is 1. The van der Waals surface area contributed by atoms with Gasteiger partial charge in [-0.25, -0.2) is 0 Å². The molecule has 0 aliphatic carbocycles. The van der Waals surface area contributed by atoms with Crippen LogP contribution in [0.5, 0.6) is 0 Å². The lowest BCUT2D eigenvalue weighted by atomic mass is 10.1. The van der Waals surface area contributed by atoms with E-state index in [1.807, 2.05) is 11.7 Å². The highest BCUT2D eigenvalue weighted by molar-refractivity contribution is 7.13. The van der Waals surface area contributed by atoms with Crippen molar-refractivity contribution in [3.63, 3.8) is 0 Å². The minimum atomic E-state index is -0.205. The van der Waals surface area contributed by atoms with E-state index in [1.54, 1.807) is 11.3 Å². The SMILES string of the molecule is NC(=O)C1CCCN1Cc1ccc(-c2cncs2)cc1. The number of thiazole rings is 1. The molecule has 3 rings (SSSR count). The van der Waals surface area contributed by atoms with E-state index in [0.717, 1.165) is 25.9 Å². The van der Waals surface area contributed by atoms with Gasteiger partial charge in [0.2, 0.25) is 5.91 Å². The number of carbonyl (C=O) groups excluding carboxylic acids is 1. The molecule has 1 saturated heterocycles. The number of primary amides is 1. The van der Waals surface area contributed by atoms with Crippen LogP contribution in [-0.4, -0.2) is 28.4 Å². The van der Waals surface area contributed by atoms with E-state index < -0.39 is 0 Å². The number of aromatic nitrogens is 1. The summed E-state index contributed by atoms with van der Waals surface area (Å²) >= 11 is 1.64. The highest BCUT2D eigenvalue weighted by atomic mass is 32.1. The van der Waals surface area contributed by atoms with Gasteiger partial charge in [-0.15, -0.1) is 11.3 Å². The standard InChI is InChI=1S/C15H17N3OS/c16-15(19)13-2-1-7-18(13)9-11-3-5-12(6-4-11)14-8-17-10-20-14/h3-6,8,10,13H,1-2,7,9H2,(H2,16,19). The van der Waals surface area contributed by atoms with Gasteiger partial charge < -0.3 is 5.73 Å². The van der Waals surface area contributed by atoms with Crippen molar-refractivity contribution < 1.29 is 4.79 Å². The van der Waals surface area contributed by atoms with E-state index in [1.165, 1.54) is 16.0 Å². The number of nitrogens with zero attached hydrogens (tertiary/aromatic N) is 2. The zero-order valence-electron chi connectivity index (χ0n) is 11.2. The third kappa shape index (κ3) is 2.73. The predicted molar refractivity (Wildman–Crippen MR) is 80.2 cm³/mol. The molecule has 2 aromatic rings. The van der Waals surface area contributed by atoms with E-state index >= 15 is 0 Å². The Labute approximate surface area is 122 Å². The quantitative estimate of drug-likeness (QED) is 0.938. The van der Waals surface area contributed by atoms with Crippen LogP contribution in [0.1, 0.15) is 18.4 Å². The highest BCUT2D eigenvalue weighted by Crippen LogP contribution is 2.25. The van der Waals surface area contributed by atoms with E-state index in [0.29, 0.717) is 0 Å². The van der Waals surface area contributed by atoms with Crippen LogP contribution in [0, 0.1) is 0 Å². The summed E-state index contributed by atoms with van der Waals surface area (Å²) in [6.07, 6.45) is 3.81. The summed E-state index contributed by atoms with van der Waals surface area (Å²) in [6, 6.07) is 8.35. The number of hydrogen-bond donors (Lipinski definition) is 1. The van der Waals surface area contributed by atoms with Crippen molar-refractivity contribution in [3.8, 4) is 10.4 Å². The summed E-state index contributed by atoms with van der Waals surface area (Å²) in [5.41, 5.74) is 9.68. The molecule has 4 nitrogen and oxygen atoms in total. The topological polar surface area (TPSA) is 59.2 Å². The van der Waals surface area contributed by atoms with Gasteiger partial charge in [0.05, 0.1) is 16.4 Å². The lowest BCUT2D eigenvalue weighted by Gasteiger charge is -2.21. The Morgan fingerprint density at radius 3 is 2.85 bits per heavy atom. The van der Waals surface area contributed by atoms with E-state index in [9.17, 15) is 4.79 Å². The first-order valence-corrected chi connectivity index (χ1v) is 7.63. The molecular weight excluding hydrogens is 270 g/mol. The summed E-state index contributed by atoms with van der Waals surface area (Å²) in [6.45, 7) is 1.74. The van der Waals surface area contributed by atoms with Crippen LogP contribution in [0.4, 0.5) is 0 Å². The van der Waals surface area contributed by atoms with Crippen molar-refractivity contribution in [3.05, 3.63) is 41.5 Å². The van der Waals surface area contributed by atoms with Crippen LogP contribution in [0.15, 0.2) is 36.0 Å². The molecule has 1 fully saturated rings. The first-order chi connectivity index (χ1) is 9.74. The molecule has 1 aromatic carbocycles. The minimum absolute atomic E-state index is 0.101. The summed E-state index contributed by atoms with van der Waals surface area (Å²) in [5, 5.41) is 0. The molecule has 0 saturated carbocycles. The van der Waals surface area contributed by atoms with E-state index in [-0.39, 0.29) is 11.9 Å².